The fourth-order valence-corrected chi connectivity index (χ4v) is 3.13. The molecule has 0 heterocycles. The molecule has 0 aromatic heterocycles. The van der Waals surface area contributed by atoms with Crippen molar-refractivity contribution in [1.82, 2.24) is 5.32 Å². The molecule has 2 atom stereocenters. The van der Waals surface area contributed by atoms with Gasteiger partial charge in [-0.1, -0.05) is 33.1 Å². The first-order valence-electron chi connectivity index (χ1n) is 7.49. The predicted octanol–water partition coefficient (Wildman–Crippen LogP) is 3.61. The zero-order valence-corrected chi connectivity index (χ0v) is 12.2. The second kappa shape index (κ2) is 8.10. The fraction of sp³-hybridized carbons (Fsp3) is 1.00. The number of hydrogen-bond donors (Lipinski definition) is 1. The molecule has 0 spiro atoms. The molecule has 0 saturated heterocycles. The number of ether oxygens (including phenoxy) is 1. The summed E-state index contributed by atoms with van der Waals surface area (Å²) in [5.74, 6) is 1.80. The third kappa shape index (κ3) is 4.59. The monoisotopic (exact) mass is 241 g/mol. The standard InChI is InChI=1S/C15H31NO/c1-5-11-16-15(12(3)17-4)14-9-7-13(6-2)8-10-14/h12-16H,5-11H2,1-4H3. The van der Waals surface area contributed by atoms with Crippen molar-refractivity contribution in [2.75, 3.05) is 13.7 Å². The van der Waals surface area contributed by atoms with Gasteiger partial charge in [0.1, 0.15) is 0 Å². The molecule has 17 heavy (non-hydrogen) atoms. The molecule has 2 heteroatoms. The van der Waals surface area contributed by atoms with Crippen LogP contribution >= 0.6 is 0 Å². The topological polar surface area (TPSA) is 21.3 Å². The minimum atomic E-state index is 0.338. The summed E-state index contributed by atoms with van der Waals surface area (Å²) in [6.07, 6.45) is 8.51. The molecule has 1 rings (SSSR count). The maximum Gasteiger partial charge on any atom is 0.0698 e. The molecule has 1 aliphatic carbocycles. The summed E-state index contributed by atoms with van der Waals surface area (Å²) in [5, 5.41) is 3.70. The molecule has 0 radical (unpaired) electrons. The Morgan fingerprint density at radius 3 is 2.29 bits per heavy atom. The molecule has 0 bridgehead atoms. The zero-order chi connectivity index (χ0) is 12.7. The van der Waals surface area contributed by atoms with Crippen LogP contribution in [-0.2, 0) is 4.74 Å². The highest BCUT2D eigenvalue weighted by Gasteiger charge is 2.29. The lowest BCUT2D eigenvalue weighted by molar-refractivity contribution is 0.0479. The van der Waals surface area contributed by atoms with Crippen LogP contribution in [0.1, 0.15) is 59.3 Å². The van der Waals surface area contributed by atoms with E-state index in [0.29, 0.717) is 12.1 Å². The van der Waals surface area contributed by atoms with E-state index in [2.05, 4.69) is 26.1 Å². The normalized spacial score (nSPS) is 28.9. The van der Waals surface area contributed by atoms with Gasteiger partial charge in [0, 0.05) is 13.2 Å². The Labute approximate surface area is 108 Å². The molecule has 0 aliphatic heterocycles. The van der Waals surface area contributed by atoms with Gasteiger partial charge < -0.3 is 10.1 Å². The van der Waals surface area contributed by atoms with Crippen molar-refractivity contribution in [2.45, 2.75) is 71.4 Å². The molecule has 1 aliphatic rings. The van der Waals surface area contributed by atoms with Crippen LogP contribution in [-0.4, -0.2) is 25.8 Å². The SMILES string of the molecule is CCCNC(C1CCC(CC)CC1)C(C)OC. The van der Waals surface area contributed by atoms with Crippen LogP contribution in [0.5, 0.6) is 0 Å². The lowest BCUT2D eigenvalue weighted by atomic mass is 9.76. The Kier molecular flexibility index (Phi) is 7.14. The van der Waals surface area contributed by atoms with Gasteiger partial charge in [0.2, 0.25) is 0 Å². The van der Waals surface area contributed by atoms with Crippen LogP contribution in [0.15, 0.2) is 0 Å². The molecule has 102 valence electrons. The average Bonchev–Trinajstić information content (AvgIpc) is 2.39. The van der Waals surface area contributed by atoms with Gasteiger partial charge >= 0.3 is 0 Å². The van der Waals surface area contributed by atoms with Crippen molar-refractivity contribution < 1.29 is 4.74 Å². The maximum atomic E-state index is 5.55. The zero-order valence-electron chi connectivity index (χ0n) is 12.2. The molecule has 1 fully saturated rings. The second-order valence-corrected chi connectivity index (χ2v) is 5.61. The third-order valence-electron chi connectivity index (χ3n) is 4.48. The summed E-state index contributed by atoms with van der Waals surface area (Å²) in [5.41, 5.74) is 0. The van der Waals surface area contributed by atoms with E-state index in [1.165, 1.54) is 38.5 Å². The van der Waals surface area contributed by atoms with Crippen LogP contribution in [0.2, 0.25) is 0 Å². The third-order valence-corrected chi connectivity index (χ3v) is 4.48. The molecular formula is C15H31NO. The molecule has 2 nitrogen and oxygen atoms in total. The number of rotatable bonds is 7. The van der Waals surface area contributed by atoms with Crippen molar-refractivity contribution in [3.63, 3.8) is 0 Å². The minimum absolute atomic E-state index is 0.338. The van der Waals surface area contributed by atoms with Crippen molar-refractivity contribution in [3.05, 3.63) is 0 Å². The van der Waals surface area contributed by atoms with Gasteiger partial charge in [-0.2, -0.15) is 0 Å². The number of nitrogens with one attached hydrogen (secondary N) is 1. The summed E-state index contributed by atoms with van der Waals surface area (Å²) in [6.45, 7) is 7.89. The van der Waals surface area contributed by atoms with Crippen molar-refractivity contribution in [2.24, 2.45) is 11.8 Å². The Morgan fingerprint density at radius 1 is 1.18 bits per heavy atom. The van der Waals surface area contributed by atoms with Crippen LogP contribution < -0.4 is 5.32 Å². The van der Waals surface area contributed by atoms with Crippen molar-refractivity contribution >= 4 is 0 Å². The first-order valence-corrected chi connectivity index (χ1v) is 7.49. The van der Waals surface area contributed by atoms with Crippen LogP contribution in [0.4, 0.5) is 0 Å². The summed E-state index contributed by atoms with van der Waals surface area (Å²) in [7, 11) is 1.84. The molecule has 2 unspecified atom stereocenters. The van der Waals surface area contributed by atoms with Gasteiger partial charge in [0.05, 0.1) is 6.10 Å². The lowest BCUT2D eigenvalue weighted by Crippen LogP contribution is -2.46. The van der Waals surface area contributed by atoms with Gasteiger partial charge in [-0.3, -0.25) is 0 Å². The van der Waals surface area contributed by atoms with E-state index in [-0.39, 0.29) is 0 Å². The molecule has 0 amide bonds. The predicted molar refractivity (Wildman–Crippen MR) is 74.3 cm³/mol. The summed E-state index contributed by atoms with van der Waals surface area (Å²) >= 11 is 0. The van der Waals surface area contributed by atoms with E-state index in [9.17, 15) is 0 Å². The first kappa shape index (κ1) is 15.0. The first-order chi connectivity index (χ1) is 8.22. The lowest BCUT2D eigenvalue weighted by Gasteiger charge is -2.36. The van der Waals surface area contributed by atoms with E-state index >= 15 is 0 Å². The van der Waals surface area contributed by atoms with Crippen LogP contribution in [0.3, 0.4) is 0 Å². The van der Waals surface area contributed by atoms with Gasteiger partial charge in [0.15, 0.2) is 0 Å². The summed E-state index contributed by atoms with van der Waals surface area (Å²) in [6, 6.07) is 0.553. The van der Waals surface area contributed by atoms with Crippen molar-refractivity contribution in [1.29, 1.82) is 0 Å². The smallest absolute Gasteiger partial charge is 0.0698 e. The van der Waals surface area contributed by atoms with Gasteiger partial charge in [-0.05, 0) is 44.6 Å². The van der Waals surface area contributed by atoms with Gasteiger partial charge in [0.25, 0.3) is 0 Å². The number of methoxy groups -OCH3 is 1. The minimum Gasteiger partial charge on any atom is -0.380 e. The van der Waals surface area contributed by atoms with E-state index in [1.54, 1.807) is 0 Å². The quantitative estimate of drug-likeness (QED) is 0.735. The Balaban J connectivity index is 2.46. The molecule has 1 N–H and O–H groups in total. The second-order valence-electron chi connectivity index (χ2n) is 5.61. The highest BCUT2D eigenvalue weighted by atomic mass is 16.5. The summed E-state index contributed by atoms with van der Waals surface area (Å²) in [4.78, 5) is 0. The summed E-state index contributed by atoms with van der Waals surface area (Å²) < 4.78 is 5.55. The van der Waals surface area contributed by atoms with Crippen LogP contribution in [0.25, 0.3) is 0 Å². The molecular weight excluding hydrogens is 210 g/mol. The van der Waals surface area contributed by atoms with E-state index < -0.39 is 0 Å². The maximum absolute atomic E-state index is 5.55. The largest absolute Gasteiger partial charge is 0.380 e. The highest BCUT2D eigenvalue weighted by molar-refractivity contribution is 4.85. The number of hydrogen-bond acceptors (Lipinski definition) is 2. The van der Waals surface area contributed by atoms with Crippen LogP contribution in [0, 0.1) is 11.8 Å². The van der Waals surface area contributed by atoms with E-state index in [4.69, 9.17) is 4.74 Å². The van der Waals surface area contributed by atoms with Gasteiger partial charge in [-0.25, -0.2) is 0 Å². The van der Waals surface area contributed by atoms with Crippen molar-refractivity contribution in [3.8, 4) is 0 Å². The molecule has 0 aromatic carbocycles. The highest BCUT2D eigenvalue weighted by Crippen LogP contribution is 2.33. The van der Waals surface area contributed by atoms with E-state index in [0.717, 1.165) is 18.4 Å². The average molecular weight is 241 g/mol. The Hall–Kier alpha value is -0.0800. The van der Waals surface area contributed by atoms with E-state index in [1.807, 2.05) is 7.11 Å². The van der Waals surface area contributed by atoms with Gasteiger partial charge in [-0.15, -0.1) is 0 Å². The Morgan fingerprint density at radius 2 is 1.82 bits per heavy atom. The molecule has 1 saturated carbocycles. The molecule has 0 aromatic rings. The Bertz CT molecular complexity index is 187. The fourth-order valence-electron chi connectivity index (χ4n) is 3.13.